The highest BCUT2D eigenvalue weighted by molar-refractivity contribution is 6.31. The highest BCUT2D eigenvalue weighted by Gasteiger charge is 2.29. The standard InChI is InChI=1S/C22H19ClN4O4/c1-2-31-16-8-6-13(7-9-16)19-11-18(22(29)30)26-20-17(12-24-27(19)20)21(28)25-15-5-3-4-14(23)10-15/h3-12,19,26H,2H2,1H3,(H,25,28)(H,29,30). The fourth-order valence-electron chi connectivity index (χ4n) is 3.32. The zero-order chi connectivity index (χ0) is 22.0. The van der Waals surface area contributed by atoms with Gasteiger partial charge in [0.2, 0.25) is 0 Å². The van der Waals surface area contributed by atoms with Crippen molar-refractivity contribution in [2.45, 2.75) is 13.0 Å². The number of ether oxygens (including phenoxy) is 1. The molecule has 0 aliphatic carbocycles. The van der Waals surface area contributed by atoms with Crippen LogP contribution in [-0.4, -0.2) is 33.4 Å². The molecule has 1 aliphatic heterocycles. The van der Waals surface area contributed by atoms with Gasteiger partial charge in [0.25, 0.3) is 5.91 Å². The minimum atomic E-state index is -1.13. The zero-order valence-corrected chi connectivity index (χ0v) is 17.3. The second kappa shape index (κ2) is 8.53. The number of carbonyl (C=O) groups excluding carboxylic acids is 1. The van der Waals surface area contributed by atoms with Gasteiger partial charge in [-0.3, -0.25) is 4.79 Å². The number of allylic oxidation sites excluding steroid dienone is 1. The van der Waals surface area contributed by atoms with Gasteiger partial charge < -0.3 is 20.5 Å². The van der Waals surface area contributed by atoms with Crippen LogP contribution in [0.1, 0.15) is 28.9 Å². The summed E-state index contributed by atoms with van der Waals surface area (Å²) < 4.78 is 7.05. The van der Waals surface area contributed by atoms with Gasteiger partial charge in [0.15, 0.2) is 0 Å². The predicted octanol–water partition coefficient (Wildman–Crippen LogP) is 4.17. The molecule has 1 atom stereocenters. The fraction of sp³-hybridized carbons (Fsp3) is 0.136. The van der Waals surface area contributed by atoms with E-state index in [9.17, 15) is 14.7 Å². The maximum absolute atomic E-state index is 12.9. The Kier molecular flexibility index (Phi) is 5.64. The summed E-state index contributed by atoms with van der Waals surface area (Å²) in [5, 5.41) is 20.0. The van der Waals surface area contributed by atoms with E-state index in [0.29, 0.717) is 28.9 Å². The number of hydrogen-bond acceptors (Lipinski definition) is 5. The molecule has 1 amide bonds. The maximum atomic E-state index is 12.9. The highest BCUT2D eigenvalue weighted by Crippen LogP contribution is 2.33. The Morgan fingerprint density at radius 1 is 1.26 bits per heavy atom. The van der Waals surface area contributed by atoms with Gasteiger partial charge in [-0.25, -0.2) is 9.48 Å². The van der Waals surface area contributed by atoms with E-state index in [2.05, 4.69) is 15.7 Å². The van der Waals surface area contributed by atoms with Crippen LogP contribution in [0.5, 0.6) is 5.75 Å². The maximum Gasteiger partial charge on any atom is 0.352 e. The minimum Gasteiger partial charge on any atom is -0.494 e. The van der Waals surface area contributed by atoms with E-state index < -0.39 is 17.9 Å². The molecular weight excluding hydrogens is 420 g/mol. The number of nitrogens with one attached hydrogen (secondary N) is 2. The molecule has 0 saturated carbocycles. The van der Waals surface area contributed by atoms with Crippen LogP contribution < -0.4 is 15.4 Å². The lowest BCUT2D eigenvalue weighted by molar-refractivity contribution is -0.132. The van der Waals surface area contributed by atoms with Gasteiger partial charge in [0.1, 0.15) is 22.8 Å². The third-order valence-corrected chi connectivity index (χ3v) is 4.96. The first kappa shape index (κ1) is 20.5. The van der Waals surface area contributed by atoms with Gasteiger partial charge in [-0.15, -0.1) is 0 Å². The van der Waals surface area contributed by atoms with Crippen LogP contribution in [0.3, 0.4) is 0 Å². The van der Waals surface area contributed by atoms with Gasteiger partial charge in [0.05, 0.1) is 18.8 Å². The van der Waals surface area contributed by atoms with Crippen LogP contribution in [0.4, 0.5) is 11.5 Å². The van der Waals surface area contributed by atoms with Crippen LogP contribution in [0.25, 0.3) is 0 Å². The van der Waals surface area contributed by atoms with E-state index in [4.69, 9.17) is 16.3 Å². The van der Waals surface area contributed by atoms with E-state index in [1.165, 1.54) is 6.20 Å². The van der Waals surface area contributed by atoms with Crippen LogP contribution in [0.2, 0.25) is 5.02 Å². The summed E-state index contributed by atoms with van der Waals surface area (Å²) in [6.07, 6.45) is 2.96. The number of benzene rings is 2. The number of anilines is 2. The molecule has 0 radical (unpaired) electrons. The third-order valence-electron chi connectivity index (χ3n) is 4.73. The number of rotatable bonds is 6. The molecule has 8 nitrogen and oxygen atoms in total. The van der Waals surface area contributed by atoms with Crippen molar-refractivity contribution in [1.82, 2.24) is 9.78 Å². The lowest BCUT2D eigenvalue weighted by atomic mass is 10.0. The fourth-order valence-corrected chi connectivity index (χ4v) is 3.51. The monoisotopic (exact) mass is 438 g/mol. The molecule has 1 unspecified atom stereocenters. The van der Waals surface area contributed by atoms with E-state index in [-0.39, 0.29) is 11.3 Å². The van der Waals surface area contributed by atoms with E-state index in [0.717, 1.165) is 5.56 Å². The Morgan fingerprint density at radius 2 is 2.03 bits per heavy atom. The quantitative estimate of drug-likeness (QED) is 0.533. The van der Waals surface area contributed by atoms with Crippen LogP contribution in [0, 0.1) is 0 Å². The number of amides is 1. The van der Waals surface area contributed by atoms with Crippen LogP contribution in [-0.2, 0) is 4.79 Å². The highest BCUT2D eigenvalue weighted by atomic mass is 35.5. The second-order valence-corrected chi connectivity index (χ2v) is 7.21. The average Bonchev–Trinajstić information content (AvgIpc) is 3.18. The summed E-state index contributed by atoms with van der Waals surface area (Å²) in [5.74, 6) is -0.569. The van der Waals surface area contributed by atoms with Gasteiger partial charge in [0, 0.05) is 10.7 Å². The largest absolute Gasteiger partial charge is 0.494 e. The van der Waals surface area contributed by atoms with E-state index in [1.807, 2.05) is 31.2 Å². The minimum absolute atomic E-state index is 0.0382. The number of hydrogen-bond donors (Lipinski definition) is 3. The summed E-state index contributed by atoms with van der Waals surface area (Å²) in [6.45, 7) is 2.44. The van der Waals surface area contributed by atoms with Crippen molar-refractivity contribution < 1.29 is 19.4 Å². The molecule has 0 bridgehead atoms. The second-order valence-electron chi connectivity index (χ2n) is 6.77. The molecule has 2 heterocycles. The van der Waals surface area contributed by atoms with Crippen LogP contribution >= 0.6 is 11.6 Å². The van der Waals surface area contributed by atoms with Crippen molar-refractivity contribution in [3.05, 3.63) is 82.7 Å². The number of nitrogens with zero attached hydrogens (tertiary/aromatic N) is 2. The number of aliphatic carboxylic acids is 1. The van der Waals surface area contributed by atoms with Gasteiger partial charge in [-0.05, 0) is 48.9 Å². The molecule has 31 heavy (non-hydrogen) atoms. The van der Waals surface area contributed by atoms with E-state index >= 15 is 0 Å². The molecule has 3 aromatic rings. The van der Waals surface area contributed by atoms with Crippen molar-refractivity contribution in [1.29, 1.82) is 0 Å². The average molecular weight is 439 g/mol. The van der Waals surface area contributed by atoms with E-state index in [1.54, 1.807) is 35.0 Å². The number of carbonyl (C=O) groups is 2. The third kappa shape index (κ3) is 4.24. The Balaban J connectivity index is 1.68. The number of carboxylic acids is 1. The number of carboxylic acid groups (broad SMARTS) is 1. The first-order valence-corrected chi connectivity index (χ1v) is 9.93. The van der Waals surface area contributed by atoms with Crippen LogP contribution in [0.15, 0.2) is 66.5 Å². The normalized spacial score (nSPS) is 14.8. The summed E-state index contributed by atoms with van der Waals surface area (Å²) in [5.41, 5.74) is 1.49. The molecule has 3 N–H and O–H groups in total. The number of halogens is 1. The molecule has 1 aliphatic rings. The molecule has 1 aromatic heterocycles. The summed E-state index contributed by atoms with van der Waals surface area (Å²) in [7, 11) is 0. The molecule has 0 fully saturated rings. The molecular formula is C22H19ClN4O4. The van der Waals surface area contributed by atoms with Gasteiger partial charge >= 0.3 is 5.97 Å². The molecule has 0 spiro atoms. The lowest BCUT2D eigenvalue weighted by Crippen LogP contribution is -2.25. The zero-order valence-electron chi connectivity index (χ0n) is 16.5. The summed E-state index contributed by atoms with van der Waals surface area (Å²) in [6, 6.07) is 13.5. The van der Waals surface area contributed by atoms with Gasteiger partial charge in [-0.1, -0.05) is 29.8 Å². The lowest BCUT2D eigenvalue weighted by Gasteiger charge is -2.24. The Bertz CT molecular complexity index is 1170. The topological polar surface area (TPSA) is 105 Å². The Morgan fingerprint density at radius 3 is 2.71 bits per heavy atom. The SMILES string of the molecule is CCOc1ccc(C2C=C(C(=O)O)Nc3c(C(=O)Nc4cccc(Cl)c4)cnn32)cc1. The molecule has 0 saturated heterocycles. The smallest absolute Gasteiger partial charge is 0.352 e. The summed E-state index contributed by atoms with van der Waals surface area (Å²) in [4.78, 5) is 24.6. The molecule has 158 valence electrons. The molecule has 2 aromatic carbocycles. The Hall–Kier alpha value is -3.78. The molecule has 9 heteroatoms. The van der Waals surface area contributed by atoms with Crippen molar-refractivity contribution in [3.63, 3.8) is 0 Å². The van der Waals surface area contributed by atoms with Gasteiger partial charge in [-0.2, -0.15) is 5.10 Å². The Labute approximate surface area is 183 Å². The van der Waals surface area contributed by atoms with Crippen molar-refractivity contribution >= 4 is 35.0 Å². The van der Waals surface area contributed by atoms with Crippen molar-refractivity contribution in [2.75, 3.05) is 17.2 Å². The van der Waals surface area contributed by atoms with Crippen molar-refractivity contribution in [3.8, 4) is 5.75 Å². The summed E-state index contributed by atoms with van der Waals surface area (Å²) >= 11 is 5.98. The predicted molar refractivity (Wildman–Crippen MR) is 117 cm³/mol. The van der Waals surface area contributed by atoms with Crippen molar-refractivity contribution in [2.24, 2.45) is 0 Å². The first-order valence-electron chi connectivity index (χ1n) is 9.55. The molecule has 4 rings (SSSR count). The number of aromatic nitrogens is 2. The first-order chi connectivity index (χ1) is 15.0. The number of fused-ring (bicyclic) bond motifs is 1.